The zero-order valence-electron chi connectivity index (χ0n) is 41.6. The topological polar surface area (TPSA) is 186 Å². The fourth-order valence-electron chi connectivity index (χ4n) is 6.20. The van der Waals surface area contributed by atoms with Gasteiger partial charge in [0.2, 0.25) is 5.91 Å². The Morgan fingerprint density at radius 3 is 0.742 bits per heavy atom. The van der Waals surface area contributed by atoms with Crippen molar-refractivity contribution < 1.29 is 76.3 Å². The monoisotopic (exact) mass is 956 g/mol. The lowest BCUT2D eigenvalue weighted by atomic mass is 10.0. The van der Waals surface area contributed by atoms with Crippen LogP contribution in [0.3, 0.4) is 0 Å². The van der Waals surface area contributed by atoms with Gasteiger partial charge in [-0.3, -0.25) is 9.59 Å². The first kappa shape index (κ1) is 64.4. The molecule has 2 N–H and O–H groups in total. The standard InChI is InChI=1S/C49H97NO16/c1-2-3-4-5-6-7-8-9-10-11-12-13-14-15-16-17-22-54-24-26-56-28-30-58-32-34-60-36-38-62-40-42-64-44-46-66-47-45-65-43-41-63-39-37-61-35-33-59-31-29-57-27-25-55-23-18-21-50-48(51)19-20-49(52)53/h2-47H2,1H3,(H,50,51)(H,52,53). The number of hydrogen-bond donors (Lipinski definition) is 2. The summed E-state index contributed by atoms with van der Waals surface area (Å²) >= 11 is 0. The largest absolute Gasteiger partial charge is 0.481 e. The van der Waals surface area contributed by atoms with Gasteiger partial charge in [0, 0.05) is 26.2 Å². The molecular weight excluding hydrogens is 859 g/mol. The first-order chi connectivity index (χ1) is 32.7. The van der Waals surface area contributed by atoms with Crippen LogP contribution >= 0.6 is 0 Å². The summed E-state index contributed by atoms with van der Waals surface area (Å²) in [7, 11) is 0. The molecule has 0 fully saturated rings. The molecule has 394 valence electrons. The van der Waals surface area contributed by atoms with E-state index in [0.29, 0.717) is 178 Å². The predicted molar refractivity (Wildman–Crippen MR) is 255 cm³/mol. The highest BCUT2D eigenvalue weighted by Crippen LogP contribution is 2.13. The molecule has 17 nitrogen and oxygen atoms in total. The maximum Gasteiger partial charge on any atom is 0.303 e. The molecule has 0 bridgehead atoms. The van der Waals surface area contributed by atoms with E-state index in [4.69, 9.17) is 66.7 Å². The molecule has 0 heterocycles. The Labute approximate surface area is 399 Å². The van der Waals surface area contributed by atoms with Gasteiger partial charge in [0.05, 0.1) is 165 Å². The number of unbranched alkanes of at least 4 members (excludes halogenated alkanes) is 15. The number of carbonyl (C=O) groups excluding carboxylic acids is 1. The minimum absolute atomic E-state index is 0.0110. The van der Waals surface area contributed by atoms with Crippen LogP contribution in [0.25, 0.3) is 0 Å². The molecule has 17 heteroatoms. The Hall–Kier alpha value is -1.58. The normalized spacial score (nSPS) is 11.5. The SMILES string of the molecule is CCCCCCCCCCCCCCCCCCOCCOCCOCCOCCOCCOCCOCCOCCOCCOCCOCCOCCOCCCNC(=O)CCC(=O)O. The second kappa shape index (κ2) is 59.5. The van der Waals surface area contributed by atoms with Crippen LogP contribution in [0, 0.1) is 0 Å². The number of carbonyl (C=O) groups is 2. The Balaban J connectivity index is 3.09. The van der Waals surface area contributed by atoms with Crippen LogP contribution in [0.5, 0.6) is 0 Å². The maximum absolute atomic E-state index is 11.4. The number of aliphatic carboxylic acids is 1. The Morgan fingerprint density at radius 2 is 0.500 bits per heavy atom. The molecule has 0 saturated carbocycles. The van der Waals surface area contributed by atoms with Gasteiger partial charge in [0.25, 0.3) is 0 Å². The molecule has 0 spiro atoms. The second-order valence-corrected chi connectivity index (χ2v) is 15.9. The molecule has 0 radical (unpaired) electrons. The summed E-state index contributed by atoms with van der Waals surface area (Å²) in [6.45, 7) is 16.2. The third-order valence-electron chi connectivity index (χ3n) is 9.96. The highest BCUT2D eigenvalue weighted by Gasteiger charge is 2.04. The number of amides is 1. The Morgan fingerprint density at radius 1 is 0.288 bits per heavy atom. The molecule has 1 amide bonds. The molecule has 0 aliphatic rings. The van der Waals surface area contributed by atoms with Gasteiger partial charge in [-0.15, -0.1) is 0 Å². The summed E-state index contributed by atoms with van der Waals surface area (Å²) in [5.41, 5.74) is 0. The van der Waals surface area contributed by atoms with Crippen molar-refractivity contribution in [2.75, 3.05) is 178 Å². The maximum atomic E-state index is 11.4. The Kier molecular flexibility index (Phi) is 58.1. The van der Waals surface area contributed by atoms with Crippen LogP contribution in [-0.4, -0.2) is 195 Å². The van der Waals surface area contributed by atoms with Gasteiger partial charge >= 0.3 is 5.97 Å². The van der Waals surface area contributed by atoms with Crippen LogP contribution in [-0.2, 0) is 71.2 Å². The molecule has 0 aliphatic heterocycles. The number of rotatable bonds is 60. The van der Waals surface area contributed by atoms with Gasteiger partial charge < -0.3 is 72.0 Å². The molecule has 0 atom stereocenters. The van der Waals surface area contributed by atoms with E-state index < -0.39 is 5.97 Å². The van der Waals surface area contributed by atoms with Crippen molar-refractivity contribution >= 4 is 11.9 Å². The molecule has 66 heavy (non-hydrogen) atoms. The molecule has 0 aliphatic carbocycles. The minimum Gasteiger partial charge on any atom is -0.481 e. The van der Waals surface area contributed by atoms with Gasteiger partial charge in [0.15, 0.2) is 0 Å². The summed E-state index contributed by atoms with van der Waals surface area (Å²) in [6.07, 6.45) is 22.6. The van der Waals surface area contributed by atoms with Crippen molar-refractivity contribution in [1.82, 2.24) is 5.32 Å². The van der Waals surface area contributed by atoms with Gasteiger partial charge in [-0.25, -0.2) is 0 Å². The molecule has 0 rings (SSSR count). The lowest BCUT2D eigenvalue weighted by molar-refractivity contribution is -0.138. The summed E-state index contributed by atoms with van der Waals surface area (Å²) in [5.74, 6) is -1.25. The van der Waals surface area contributed by atoms with Gasteiger partial charge in [-0.1, -0.05) is 103 Å². The number of nitrogens with one attached hydrogen (secondary N) is 1. The van der Waals surface area contributed by atoms with E-state index in [1.807, 2.05) is 0 Å². The lowest BCUT2D eigenvalue weighted by Crippen LogP contribution is -2.25. The molecule has 0 aromatic carbocycles. The van der Waals surface area contributed by atoms with Crippen molar-refractivity contribution in [2.24, 2.45) is 0 Å². The average molecular weight is 956 g/mol. The third kappa shape index (κ3) is 60.4. The summed E-state index contributed by atoms with van der Waals surface area (Å²) in [6, 6.07) is 0. The van der Waals surface area contributed by atoms with Crippen molar-refractivity contribution in [1.29, 1.82) is 0 Å². The first-order valence-electron chi connectivity index (χ1n) is 25.7. The van der Waals surface area contributed by atoms with E-state index in [2.05, 4.69) is 12.2 Å². The number of hydrogen-bond acceptors (Lipinski definition) is 15. The summed E-state index contributed by atoms with van der Waals surface area (Å²) in [4.78, 5) is 21.8. The minimum atomic E-state index is -0.982. The number of carboxylic acids is 1. The van der Waals surface area contributed by atoms with E-state index in [1.165, 1.54) is 96.3 Å². The van der Waals surface area contributed by atoms with Crippen molar-refractivity contribution in [3.63, 3.8) is 0 Å². The van der Waals surface area contributed by atoms with E-state index >= 15 is 0 Å². The van der Waals surface area contributed by atoms with Crippen LogP contribution in [0.1, 0.15) is 129 Å². The molecule has 0 aromatic rings. The quantitative estimate of drug-likeness (QED) is 0.0604. The van der Waals surface area contributed by atoms with Crippen LogP contribution in [0.4, 0.5) is 0 Å². The fourth-order valence-corrected chi connectivity index (χ4v) is 6.20. The van der Waals surface area contributed by atoms with Crippen LogP contribution < -0.4 is 5.32 Å². The predicted octanol–water partition coefficient (Wildman–Crippen LogP) is 6.83. The molecule has 0 aromatic heterocycles. The van der Waals surface area contributed by atoms with Crippen LogP contribution in [0.2, 0.25) is 0 Å². The van der Waals surface area contributed by atoms with E-state index in [0.717, 1.165) is 13.0 Å². The second-order valence-electron chi connectivity index (χ2n) is 15.9. The smallest absolute Gasteiger partial charge is 0.303 e. The molecular formula is C49H97NO16. The highest BCUT2D eigenvalue weighted by atomic mass is 16.6. The van der Waals surface area contributed by atoms with Crippen LogP contribution in [0.15, 0.2) is 0 Å². The fraction of sp³-hybridized carbons (Fsp3) is 0.959. The van der Waals surface area contributed by atoms with E-state index in [9.17, 15) is 9.59 Å². The zero-order valence-corrected chi connectivity index (χ0v) is 41.6. The number of carboxylic acid groups (broad SMARTS) is 1. The van der Waals surface area contributed by atoms with E-state index in [1.54, 1.807) is 0 Å². The third-order valence-corrected chi connectivity index (χ3v) is 9.96. The molecule has 0 saturated heterocycles. The number of ether oxygens (including phenoxy) is 13. The highest BCUT2D eigenvalue weighted by molar-refractivity contribution is 5.80. The van der Waals surface area contributed by atoms with Gasteiger partial charge in [0.1, 0.15) is 0 Å². The molecule has 0 unspecified atom stereocenters. The van der Waals surface area contributed by atoms with Crippen molar-refractivity contribution in [3.05, 3.63) is 0 Å². The lowest BCUT2D eigenvalue weighted by Gasteiger charge is -2.09. The Bertz CT molecular complexity index is 940. The first-order valence-corrected chi connectivity index (χ1v) is 25.7. The van der Waals surface area contributed by atoms with Crippen molar-refractivity contribution in [3.8, 4) is 0 Å². The summed E-state index contributed by atoms with van der Waals surface area (Å²) < 4.78 is 71.8. The van der Waals surface area contributed by atoms with Gasteiger partial charge in [-0.2, -0.15) is 0 Å². The van der Waals surface area contributed by atoms with Gasteiger partial charge in [-0.05, 0) is 12.8 Å². The van der Waals surface area contributed by atoms with Crippen molar-refractivity contribution in [2.45, 2.75) is 129 Å². The average Bonchev–Trinajstić information content (AvgIpc) is 3.31. The zero-order chi connectivity index (χ0) is 47.6. The summed E-state index contributed by atoms with van der Waals surface area (Å²) in [5, 5.41) is 11.2. The van der Waals surface area contributed by atoms with E-state index in [-0.39, 0.29) is 18.7 Å².